The van der Waals surface area contributed by atoms with Crippen molar-refractivity contribution in [1.82, 2.24) is 14.9 Å². The van der Waals surface area contributed by atoms with E-state index in [2.05, 4.69) is 34.6 Å². The molecule has 0 spiro atoms. The summed E-state index contributed by atoms with van der Waals surface area (Å²) in [7, 11) is 0. The Morgan fingerprint density at radius 1 is 1.06 bits per heavy atom. The van der Waals surface area contributed by atoms with Crippen molar-refractivity contribution in [2.24, 2.45) is 0 Å². The first kappa shape index (κ1) is 19.4. The molecule has 31 heavy (non-hydrogen) atoms. The van der Waals surface area contributed by atoms with Crippen LogP contribution in [0.15, 0.2) is 48.5 Å². The van der Waals surface area contributed by atoms with E-state index in [4.69, 9.17) is 4.74 Å². The molecule has 7 nitrogen and oxygen atoms in total. The zero-order valence-electron chi connectivity index (χ0n) is 17.0. The molecule has 2 N–H and O–H groups in total. The van der Waals surface area contributed by atoms with Crippen LogP contribution in [0.25, 0.3) is 11.1 Å². The Balaban J connectivity index is 1.26. The lowest BCUT2D eigenvalue weighted by atomic mass is 9.98. The minimum absolute atomic E-state index is 0.00266. The van der Waals surface area contributed by atoms with E-state index in [0.717, 1.165) is 36.1 Å². The summed E-state index contributed by atoms with van der Waals surface area (Å²) in [5.41, 5.74) is 6.17. The monoisotopic (exact) mass is 417 g/mol. The second kappa shape index (κ2) is 7.91. The summed E-state index contributed by atoms with van der Waals surface area (Å²) in [6.45, 7) is 1.04. The molecule has 2 heterocycles. The lowest BCUT2D eigenvalue weighted by Gasteiger charge is -2.17. The maximum absolute atomic E-state index is 12.4. The van der Waals surface area contributed by atoms with E-state index in [1.165, 1.54) is 11.1 Å². The molecule has 0 saturated heterocycles. The van der Waals surface area contributed by atoms with Gasteiger partial charge in [0.05, 0.1) is 12.2 Å². The molecule has 158 valence electrons. The van der Waals surface area contributed by atoms with Crippen molar-refractivity contribution in [3.8, 4) is 11.1 Å². The van der Waals surface area contributed by atoms with E-state index in [1.54, 1.807) is 4.57 Å². The predicted octanol–water partition coefficient (Wildman–Crippen LogP) is 3.96. The third-order valence-corrected chi connectivity index (χ3v) is 6.14. The molecular formula is C24H23N3O4. The smallest absolute Gasteiger partial charge is 0.407 e. The molecular weight excluding hydrogens is 394 g/mol. The number of ether oxygens (including phenoxy) is 1. The van der Waals surface area contributed by atoms with E-state index in [1.807, 2.05) is 24.3 Å². The van der Waals surface area contributed by atoms with Crippen LogP contribution in [0.2, 0.25) is 0 Å². The van der Waals surface area contributed by atoms with Crippen LogP contribution >= 0.6 is 0 Å². The summed E-state index contributed by atoms with van der Waals surface area (Å²) in [6.07, 6.45) is 2.16. The highest BCUT2D eigenvalue weighted by atomic mass is 16.5. The molecule has 1 amide bonds. The molecule has 0 fully saturated rings. The number of alkyl carbamates (subject to hydrolysis) is 1. The predicted molar refractivity (Wildman–Crippen MR) is 114 cm³/mol. The number of carbonyl (C=O) groups is 2. The molecule has 2 aromatic carbocycles. The van der Waals surface area contributed by atoms with Gasteiger partial charge in [0.1, 0.15) is 6.61 Å². The van der Waals surface area contributed by atoms with E-state index < -0.39 is 12.1 Å². The molecule has 0 atom stereocenters. The van der Waals surface area contributed by atoms with E-state index in [-0.39, 0.29) is 24.9 Å². The van der Waals surface area contributed by atoms with Crippen molar-refractivity contribution in [2.75, 3.05) is 6.61 Å². The average Bonchev–Trinajstić information content (AvgIpc) is 3.33. The van der Waals surface area contributed by atoms with Gasteiger partial charge >= 0.3 is 12.1 Å². The number of nitrogens with one attached hydrogen (secondary N) is 1. The van der Waals surface area contributed by atoms with Crippen LogP contribution in [0, 0.1) is 0 Å². The van der Waals surface area contributed by atoms with Gasteiger partial charge in [0.2, 0.25) is 5.82 Å². The fourth-order valence-electron chi connectivity index (χ4n) is 4.73. The Kier molecular flexibility index (Phi) is 4.94. The topological polar surface area (TPSA) is 93.5 Å². The zero-order valence-corrected chi connectivity index (χ0v) is 17.0. The van der Waals surface area contributed by atoms with Gasteiger partial charge in [-0.3, -0.25) is 0 Å². The Morgan fingerprint density at radius 2 is 1.74 bits per heavy atom. The number of carbonyl (C=O) groups excluding carboxylic acids is 1. The Labute approximate surface area is 179 Å². The SMILES string of the molecule is O=C(NCc1nc(C(=O)O)n2c1CCCC2)OCC1c2ccccc2-c2ccccc21. The number of aromatic carboxylic acids is 1. The van der Waals surface area contributed by atoms with Gasteiger partial charge < -0.3 is 19.7 Å². The average molecular weight is 417 g/mol. The number of rotatable bonds is 5. The van der Waals surface area contributed by atoms with Gasteiger partial charge in [0, 0.05) is 18.2 Å². The molecule has 0 bridgehead atoms. The molecule has 0 unspecified atom stereocenters. The van der Waals surface area contributed by atoms with Gasteiger partial charge in [0.25, 0.3) is 0 Å². The molecule has 2 aliphatic rings. The van der Waals surface area contributed by atoms with Crippen LogP contribution in [-0.2, 0) is 24.2 Å². The summed E-state index contributed by atoms with van der Waals surface area (Å²) in [5, 5.41) is 12.1. The Bertz CT molecular complexity index is 1120. The number of amides is 1. The van der Waals surface area contributed by atoms with Crippen molar-refractivity contribution in [1.29, 1.82) is 0 Å². The number of benzene rings is 2. The Morgan fingerprint density at radius 3 is 2.42 bits per heavy atom. The molecule has 1 aliphatic heterocycles. The van der Waals surface area contributed by atoms with Crippen LogP contribution < -0.4 is 5.32 Å². The summed E-state index contributed by atoms with van der Waals surface area (Å²) in [6, 6.07) is 16.4. The maximum atomic E-state index is 12.4. The second-order valence-corrected chi connectivity index (χ2v) is 7.92. The third kappa shape index (κ3) is 3.46. The van der Waals surface area contributed by atoms with Crippen LogP contribution in [0.5, 0.6) is 0 Å². The lowest BCUT2D eigenvalue weighted by Crippen LogP contribution is -2.26. The third-order valence-electron chi connectivity index (χ3n) is 6.14. The van der Waals surface area contributed by atoms with Crippen molar-refractivity contribution in [3.63, 3.8) is 0 Å². The quantitative estimate of drug-likeness (QED) is 0.656. The number of carboxylic acid groups (broad SMARTS) is 1. The summed E-state index contributed by atoms with van der Waals surface area (Å²) in [5.74, 6) is -1.01. The van der Waals surface area contributed by atoms with E-state index >= 15 is 0 Å². The molecule has 1 aromatic heterocycles. The number of fused-ring (bicyclic) bond motifs is 4. The van der Waals surface area contributed by atoms with Gasteiger partial charge in [-0.25, -0.2) is 14.6 Å². The van der Waals surface area contributed by atoms with Crippen molar-refractivity contribution in [3.05, 3.63) is 76.9 Å². The van der Waals surface area contributed by atoms with Gasteiger partial charge in [-0.15, -0.1) is 0 Å². The van der Waals surface area contributed by atoms with E-state index in [9.17, 15) is 14.7 Å². The minimum atomic E-state index is -1.05. The highest BCUT2D eigenvalue weighted by molar-refractivity contribution is 5.84. The fraction of sp³-hybridized carbons (Fsp3) is 0.292. The van der Waals surface area contributed by atoms with Gasteiger partial charge in [0.15, 0.2) is 0 Å². The van der Waals surface area contributed by atoms with Crippen LogP contribution in [0.1, 0.15) is 51.9 Å². The molecule has 5 rings (SSSR count). The van der Waals surface area contributed by atoms with Crippen molar-refractivity contribution in [2.45, 2.75) is 38.3 Å². The first-order valence-electron chi connectivity index (χ1n) is 10.5. The number of imidazole rings is 1. The second-order valence-electron chi connectivity index (χ2n) is 7.92. The number of aromatic nitrogens is 2. The van der Waals surface area contributed by atoms with E-state index in [0.29, 0.717) is 12.2 Å². The standard InChI is InChI=1S/C24H23N3O4/c28-23(29)22-26-20(21-11-5-6-12-27(21)22)13-25-24(30)31-14-19-17-9-3-1-7-15(17)16-8-2-4-10-18(16)19/h1-4,7-10,19H,5-6,11-14H2,(H,25,30)(H,28,29). The van der Waals surface area contributed by atoms with Crippen LogP contribution in [-0.4, -0.2) is 33.3 Å². The van der Waals surface area contributed by atoms with Crippen LogP contribution in [0.3, 0.4) is 0 Å². The zero-order chi connectivity index (χ0) is 21.4. The highest BCUT2D eigenvalue weighted by Crippen LogP contribution is 2.44. The van der Waals surface area contributed by atoms with Gasteiger partial charge in [-0.05, 0) is 41.5 Å². The molecule has 0 saturated carbocycles. The fourth-order valence-corrected chi connectivity index (χ4v) is 4.73. The minimum Gasteiger partial charge on any atom is -0.475 e. The highest BCUT2D eigenvalue weighted by Gasteiger charge is 2.29. The Hall–Kier alpha value is -3.61. The normalized spacial score (nSPS) is 14.5. The number of carboxylic acids is 1. The number of hydrogen-bond acceptors (Lipinski definition) is 4. The summed E-state index contributed by atoms with van der Waals surface area (Å²) >= 11 is 0. The first-order chi connectivity index (χ1) is 15.1. The van der Waals surface area contributed by atoms with Gasteiger partial charge in [-0.1, -0.05) is 48.5 Å². The maximum Gasteiger partial charge on any atom is 0.407 e. The van der Waals surface area contributed by atoms with Crippen molar-refractivity contribution < 1.29 is 19.4 Å². The molecule has 0 radical (unpaired) electrons. The lowest BCUT2D eigenvalue weighted by molar-refractivity contribution is 0.0676. The summed E-state index contributed by atoms with van der Waals surface area (Å²) in [4.78, 5) is 28.2. The molecule has 1 aliphatic carbocycles. The summed E-state index contributed by atoms with van der Waals surface area (Å²) < 4.78 is 7.31. The first-order valence-corrected chi connectivity index (χ1v) is 10.5. The van der Waals surface area contributed by atoms with Crippen LogP contribution in [0.4, 0.5) is 4.79 Å². The molecule has 7 heteroatoms. The van der Waals surface area contributed by atoms with Crippen molar-refractivity contribution >= 4 is 12.1 Å². The number of nitrogens with zero attached hydrogens (tertiary/aromatic N) is 2. The largest absolute Gasteiger partial charge is 0.475 e. The van der Waals surface area contributed by atoms with Gasteiger partial charge in [-0.2, -0.15) is 0 Å². The number of hydrogen-bond donors (Lipinski definition) is 2. The molecule has 3 aromatic rings.